The lowest BCUT2D eigenvalue weighted by Gasteiger charge is -2.03. The minimum Gasteiger partial charge on any atom is -0.388 e. The molecule has 0 spiro atoms. The number of rotatable bonds is 4. The lowest BCUT2D eigenvalue weighted by atomic mass is 10.1. The summed E-state index contributed by atoms with van der Waals surface area (Å²) in [6.07, 6.45) is 5.88. The van der Waals surface area contributed by atoms with Gasteiger partial charge in [-0.25, -0.2) is 0 Å². The zero-order chi connectivity index (χ0) is 10.7. The van der Waals surface area contributed by atoms with Gasteiger partial charge in [-0.1, -0.05) is 29.8 Å². The molecule has 0 amide bonds. The van der Waals surface area contributed by atoms with Gasteiger partial charge in [0.2, 0.25) is 0 Å². The SMILES string of the molecule is Cc1ccc(/C(C=N)=C/NC2CC2)cc1. The number of hydrogen-bond donors (Lipinski definition) is 2. The van der Waals surface area contributed by atoms with Crippen molar-refractivity contribution in [3.8, 4) is 0 Å². The number of benzene rings is 1. The molecule has 15 heavy (non-hydrogen) atoms. The highest BCUT2D eigenvalue weighted by atomic mass is 14.9. The van der Waals surface area contributed by atoms with Crippen molar-refractivity contribution < 1.29 is 0 Å². The first-order valence-electron chi connectivity index (χ1n) is 5.33. The van der Waals surface area contributed by atoms with E-state index in [1.54, 1.807) is 0 Å². The highest BCUT2D eigenvalue weighted by molar-refractivity contribution is 6.08. The summed E-state index contributed by atoms with van der Waals surface area (Å²) in [4.78, 5) is 0. The van der Waals surface area contributed by atoms with Gasteiger partial charge in [0.25, 0.3) is 0 Å². The zero-order valence-corrected chi connectivity index (χ0v) is 8.96. The van der Waals surface area contributed by atoms with Gasteiger partial charge < -0.3 is 10.7 Å². The fourth-order valence-corrected chi connectivity index (χ4v) is 1.41. The van der Waals surface area contributed by atoms with Gasteiger partial charge in [0.15, 0.2) is 0 Å². The molecule has 0 atom stereocenters. The first kappa shape index (κ1) is 9.97. The van der Waals surface area contributed by atoms with Crippen molar-refractivity contribution in [3.63, 3.8) is 0 Å². The van der Waals surface area contributed by atoms with E-state index in [2.05, 4.69) is 36.5 Å². The molecule has 0 radical (unpaired) electrons. The number of hydrogen-bond acceptors (Lipinski definition) is 2. The Kier molecular flexibility index (Phi) is 2.86. The maximum atomic E-state index is 7.38. The third kappa shape index (κ3) is 2.69. The van der Waals surface area contributed by atoms with Crippen LogP contribution in [0.3, 0.4) is 0 Å². The second kappa shape index (κ2) is 4.30. The quantitative estimate of drug-likeness (QED) is 0.720. The van der Waals surface area contributed by atoms with E-state index in [4.69, 9.17) is 5.41 Å². The van der Waals surface area contributed by atoms with E-state index in [0.29, 0.717) is 6.04 Å². The predicted molar refractivity (Wildman–Crippen MR) is 64.1 cm³/mol. The van der Waals surface area contributed by atoms with E-state index < -0.39 is 0 Å². The molecular weight excluding hydrogens is 184 g/mol. The van der Waals surface area contributed by atoms with Crippen LogP contribution in [-0.4, -0.2) is 12.3 Å². The Labute approximate surface area is 90.5 Å². The molecule has 0 heterocycles. The van der Waals surface area contributed by atoms with Crippen molar-refractivity contribution in [2.24, 2.45) is 0 Å². The normalized spacial score (nSPS) is 16.2. The van der Waals surface area contributed by atoms with Crippen LogP contribution in [0.2, 0.25) is 0 Å². The summed E-state index contributed by atoms with van der Waals surface area (Å²) >= 11 is 0. The van der Waals surface area contributed by atoms with Crippen molar-refractivity contribution in [3.05, 3.63) is 41.6 Å². The summed E-state index contributed by atoms with van der Waals surface area (Å²) in [7, 11) is 0. The van der Waals surface area contributed by atoms with Crippen molar-refractivity contribution in [2.45, 2.75) is 25.8 Å². The van der Waals surface area contributed by atoms with Crippen LogP contribution >= 0.6 is 0 Å². The van der Waals surface area contributed by atoms with Gasteiger partial charge in [-0.05, 0) is 25.3 Å². The molecule has 0 saturated heterocycles. The van der Waals surface area contributed by atoms with Gasteiger partial charge in [-0.3, -0.25) is 0 Å². The van der Waals surface area contributed by atoms with Gasteiger partial charge in [0, 0.05) is 24.0 Å². The first-order valence-corrected chi connectivity index (χ1v) is 5.33. The molecule has 0 bridgehead atoms. The predicted octanol–water partition coefficient (Wildman–Crippen LogP) is 2.74. The molecule has 2 N–H and O–H groups in total. The first-order chi connectivity index (χ1) is 7.29. The van der Waals surface area contributed by atoms with Crippen LogP contribution in [0, 0.1) is 12.3 Å². The molecule has 0 aromatic heterocycles. The highest BCUT2D eigenvalue weighted by Gasteiger charge is 2.19. The maximum absolute atomic E-state index is 7.38. The van der Waals surface area contributed by atoms with Crippen molar-refractivity contribution in [2.75, 3.05) is 0 Å². The molecule has 1 aliphatic rings. The van der Waals surface area contributed by atoms with E-state index >= 15 is 0 Å². The minimum atomic E-state index is 0.644. The van der Waals surface area contributed by atoms with Crippen LogP contribution in [0.5, 0.6) is 0 Å². The van der Waals surface area contributed by atoms with E-state index in [9.17, 15) is 0 Å². The van der Waals surface area contributed by atoms with Crippen LogP contribution in [0.25, 0.3) is 5.57 Å². The van der Waals surface area contributed by atoms with E-state index in [1.165, 1.54) is 24.6 Å². The second-order valence-corrected chi connectivity index (χ2v) is 4.05. The molecule has 0 unspecified atom stereocenters. The third-order valence-corrected chi connectivity index (χ3v) is 2.59. The van der Waals surface area contributed by atoms with E-state index in [-0.39, 0.29) is 0 Å². The Morgan fingerprint density at radius 2 is 2.00 bits per heavy atom. The van der Waals surface area contributed by atoms with Crippen molar-refractivity contribution in [1.82, 2.24) is 5.32 Å². The highest BCUT2D eigenvalue weighted by Crippen LogP contribution is 2.20. The molecule has 78 valence electrons. The van der Waals surface area contributed by atoms with Gasteiger partial charge >= 0.3 is 0 Å². The molecule has 2 rings (SSSR count). The lowest BCUT2D eigenvalue weighted by Crippen LogP contribution is -2.08. The largest absolute Gasteiger partial charge is 0.388 e. The summed E-state index contributed by atoms with van der Waals surface area (Å²) in [6.45, 7) is 2.07. The lowest BCUT2D eigenvalue weighted by molar-refractivity contribution is 0.865. The Morgan fingerprint density at radius 1 is 1.33 bits per heavy atom. The molecule has 1 aliphatic carbocycles. The summed E-state index contributed by atoms with van der Waals surface area (Å²) in [5.74, 6) is 0. The van der Waals surface area contributed by atoms with Crippen LogP contribution in [0.4, 0.5) is 0 Å². The summed E-state index contributed by atoms with van der Waals surface area (Å²) < 4.78 is 0. The van der Waals surface area contributed by atoms with Crippen LogP contribution < -0.4 is 5.32 Å². The van der Waals surface area contributed by atoms with Crippen LogP contribution in [0.15, 0.2) is 30.5 Å². The molecule has 2 nitrogen and oxygen atoms in total. The molecule has 0 aliphatic heterocycles. The number of nitrogens with one attached hydrogen (secondary N) is 2. The molecule has 1 saturated carbocycles. The average Bonchev–Trinajstić information content (AvgIpc) is 3.05. The molecular formula is C13H16N2. The standard InChI is InChI=1S/C13H16N2/c1-10-2-4-11(5-3-10)12(8-14)9-15-13-6-7-13/h2-5,8-9,13-15H,6-7H2,1H3/b12-9+,14-8?. The minimum absolute atomic E-state index is 0.644. The maximum Gasteiger partial charge on any atom is 0.0270 e. The van der Waals surface area contributed by atoms with Crippen LogP contribution in [-0.2, 0) is 0 Å². The smallest absolute Gasteiger partial charge is 0.0270 e. The van der Waals surface area contributed by atoms with Gasteiger partial charge in [-0.15, -0.1) is 0 Å². The number of allylic oxidation sites excluding steroid dienone is 1. The summed E-state index contributed by atoms with van der Waals surface area (Å²) in [5.41, 5.74) is 3.30. The third-order valence-electron chi connectivity index (χ3n) is 2.59. The second-order valence-electron chi connectivity index (χ2n) is 4.05. The van der Waals surface area contributed by atoms with E-state index in [0.717, 1.165) is 11.1 Å². The summed E-state index contributed by atoms with van der Waals surface area (Å²) in [6, 6.07) is 8.90. The Balaban J connectivity index is 2.13. The zero-order valence-electron chi connectivity index (χ0n) is 8.96. The number of aryl methyl sites for hydroxylation is 1. The monoisotopic (exact) mass is 200 g/mol. The van der Waals surface area contributed by atoms with Gasteiger partial charge in [-0.2, -0.15) is 0 Å². The molecule has 1 aromatic carbocycles. The summed E-state index contributed by atoms with van der Waals surface area (Å²) in [5, 5.41) is 10.7. The van der Waals surface area contributed by atoms with Gasteiger partial charge in [0.05, 0.1) is 0 Å². The molecule has 1 fully saturated rings. The average molecular weight is 200 g/mol. The fraction of sp³-hybridized carbons (Fsp3) is 0.308. The van der Waals surface area contributed by atoms with E-state index in [1.807, 2.05) is 6.20 Å². The van der Waals surface area contributed by atoms with Gasteiger partial charge in [0.1, 0.15) is 0 Å². The fourth-order valence-electron chi connectivity index (χ4n) is 1.41. The Bertz CT molecular complexity index is 372. The van der Waals surface area contributed by atoms with Crippen molar-refractivity contribution in [1.29, 1.82) is 5.41 Å². The Morgan fingerprint density at radius 3 is 2.53 bits per heavy atom. The van der Waals surface area contributed by atoms with Crippen molar-refractivity contribution >= 4 is 11.8 Å². The van der Waals surface area contributed by atoms with Crippen LogP contribution in [0.1, 0.15) is 24.0 Å². The molecule has 1 aromatic rings. The molecule has 2 heteroatoms. The topological polar surface area (TPSA) is 35.9 Å². The Hall–Kier alpha value is -1.57.